The first-order chi connectivity index (χ1) is 11.1. The van der Waals surface area contributed by atoms with Gasteiger partial charge in [-0.2, -0.15) is 0 Å². The second kappa shape index (κ2) is 10.5. The maximum atomic E-state index is 11.2. The van der Waals surface area contributed by atoms with E-state index in [4.69, 9.17) is 10.7 Å². The molecular formula is C15H28IN7O. The number of guanidine groups is 1. The van der Waals surface area contributed by atoms with E-state index in [1.807, 2.05) is 4.57 Å². The quantitative estimate of drug-likeness (QED) is 0.383. The third-order valence-electron chi connectivity index (χ3n) is 4.05. The predicted molar refractivity (Wildman–Crippen MR) is 104 cm³/mol. The molecule has 1 atom stereocenters. The lowest BCUT2D eigenvalue weighted by Crippen LogP contribution is -2.47. The molecule has 1 aliphatic heterocycles. The zero-order valence-corrected chi connectivity index (χ0v) is 16.8. The minimum atomic E-state index is -0.227. The van der Waals surface area contributed by atoms with E-state index in [9.17, 15) is 4.79 Å². The lowest BCUT2D eigenvalue weighted by atomic mass is 9.95. The number of hydrogen-bond acceptors (Lipinski definition) is 4. The van der Waals surface area contributed by atoms with E-state index in [0.717, 1.165) is 50.8 Å². The van der Waals surface area contributed by atoms with Crippen molar-refractivity contribution in [2.45, 2.75) is 46.2 Å². The third-order valence-corrected chi connectivity index (χ3v) is 4.05. The van der Waals surface area contributed by atoms with Crippen molar-refractivity contribution in [3.63, 3.8) is 0 Å². The number of halogens is 1. The molecule has 1 saturated heterocycles. The molecule has 1 amide bonds. The predicted octanol–water partition coefficient (Wildman–Crippen LogP) is 0.969. The molecule has 0 radical (unpaired) electrons. The van der Waals surface area contributed by atoms with E-state index in [-0.39, 0.29) is 29.9 Å². The summed E-state index contributed by atoms with van der Waals surface area (Å²) in [5.74, 6) is 1.81. The maximum Gasteiger partial charge on any atom is 0.217 e. The summed E-state index contributed by atoms with van der Waals surface area (Å²) in [5, 5.41) is 11.4. The molecule has 3 N–H and O–H groups in total. The number of hydrogen-bond donors (Lipinski definition) is 2. The molecule has 136 valence electrons. The molecule has 1 unspecified atom stereocenters. The Morgan fingerprint density at radius 1 is 1.50 bits per heavy atom. The number of rotatable bonds is 6. The summed E-state index contributed by atoms with van der Waals surface area (Å²) in [6, 6.07) is 0. The highest BCUT2D eigenvalue weighted by Gasteiger charge is 2.23. The van der Waals surface area contributed by atoms with Crippen molar-refractivity contribution < 1.29 is 4.79 Å². The van der Waals surface area contributed by atoms with Crippen molar-refractivity contribution in [3.05, 3.63) is 12.2 Å². The lowest BCUT2D eigenvalue weighted by molar-refractivity contribution is -0.119. The van der Waals surface area contributed by atoms with Crippen molar-refractivity contribution in [2.24, 2.45) is 16.6 Å². The number of aryl methyl sites for hydroxylation is 1. The Hall–Kier alpha value is -1.39. The zero-order chi connectivity index (χ0) is 16.7. The number of nitrogens with two attached hydrogens (primary N) is 1. The molecule has 9 heteroatoms. The van der Waals surface area contributed by atoms with E-state index in [2.05, 4.69) is 34.3 Å². The number of aliphatic imine (C=N–C) groups is 1. The first kappa shape index (κ1) is 20.7. The van der Waals surface area contributed by atoms with Gasteiger partial charge in [0, 0.05) is 32.6 Å². The number of nitrogens with zero attached hydrogens (tertiary/aromatic N) is 5. The normalized spacial score (nSPS) is 18.2. The average Bonchev–Trinajstić information content (AvgIpc) is 2.98. The van der Waals surface area contributed by atoms with Gasteiger partial charge in [0.15, 0.2) is 11.8 Å². The Labute approximate surface area is 160 Å². The second-order valence-corrected chi connectivity index (χ2v) is 5.83. The molecule has 1 aromatic heterocycles. The van der Waals surface area contributed by atoms with Crippen LogP contribution in [0.1, 0.15) is 38.9 Å². The van der Waals surface area contributed by atoms with Crippen LogP contribution in [-0.4, -0.2) is 51.2 Å². The first-order valence-electron chi connectivity index (χ1n) is 8.32. The molecule has 1 aromatic rings. The van der Waals surface area contributed by atoms with Crippen LogP contribution in [0.25, 0.3) is 0 Å². The topological polar surface area (TPSA) is 101 Å². The van der Waals surface area contributed by atoms with Crippen LogP contribution in [0, 0.1) is 5.92 Å². The molecule has 24 heavy (non-hydrogen) atoms. The zero-order valence-electron chi connectivity index (χ0n) is 14.4. The molecule has 1 aliphatic rings. The second-order valence-electron chi connectivity index (χ2n) is 5.83. The molecule has 2 rings (SSSR count). The van der Waals surface area contributed by atoms with Crippen LogP contribution in [0.4, 0.5) is 0 Å². The van der Waals surface area contributed by atoms with Crippen LogP contribution in [0.15, 0.2) is 11.3 Å². The smallest absolute Gasteiger partial charge is 0.217 e. The number of piperidine rings is 1. The molecule has 0 bridgehead atoms. The first-order valence-corrected chi connectivity index (χ1v) is 8.32. The van der Waals surface area contributed by atoms with Crippen molar-refractivity contribution in [2.75, 3.05) is 19.6 Å². The van der Waals surface area contributed by atoms with Crippen LogP contribution >= 0.6 is 24.0 Å². The molecule has 8 nitrogen and oxygen atoms in total. The van der Waals surface area contributed by atoms with Gasteiger partial charge in [-0.15, -0.1) is 34.2 Å². The summed E-state index contributed by atoms with van der Waals surface area (Å²) in [6.45, 7) is 7.99. The number of aromatic nitrogens is 3. The number of carbonyl (C=O) groups is 1. The third kappa shape index (κ3) is 5.91. The summed E-state index contributed by atoms with van der Waals surface area (Å²) >= 11 is 0. The highest BCUT2D eigenvalue weighted by atomic mass is 127. The number of amides is 1. The van der Waals surface area contributed by atoms with Gasteiger partial charge in [-0.1, -0.05) is 0 Å². The van der Waals surface area contributed by atoms with E-state index in [1.165, 1.54) is 0 Å². The summed E-state index contributed by atoms with van der Waals surface area (Å²) < 4.78 is 1.99. The van der Waals surface area contributed by atoms with Gasteiger partial charge in [-0.25, -0.2) is 4.99 Å². The largest absolute Gasteiger partial charge is 0.370 e. The molecule has 0 aromatic carbocycles. The van der Waals surface area contributed by atoms with Gasteiger partial charge in [0.25, 0.3) is 0 Å². The molecule has 1 fully saturated rings. The SMILES string of the molecule is CCNC(=NCc1nncn1CC)N1CCCC(CC(N)=O)C1.I. The van der Waals surface area contributed by atoms with Crippen LogP contribution < -0.4 is 11.1 Å². The average molecular weight is 449 g/mol. The standard InChI is InChI=1S/C15H27N7O.HI/c1-3-17-15(18-9-14-20-19-11-21(14)4-2)22-7-5-6-12(10-22)8-13(16)23;/h11-12H,3-10H2,1-2H3,(H2,16,23)(H,17,18);1H. The van der Waals surface area contributed by atoms with Gasteiger partial charge in [0.1, 0.15) is 12.9 Å². The summed E-state index contributed by atoms with van der Waals surface area (Å²) in [5.41, 5.74) is 5.34. The van der Waals surface area contributed by atoms with Crippen LogP contribution in [0.3, 0.4) is 0 Å². The monoisotopic (exact) mass is 449 g/mol. The van der Waals surface area contributed by atoms with E-state index < -0.39 is 0 Å². The van der Waals surface area contributed by atoms with E-state index in [1.54, 1.807) is 6.33 Å². The fraction of sp³-hybridized carbons (Fsp3) is 0.733. The van der Waals surface area contributed by atoms with Gasteiger partial charge in [0.2, 0.25) is 5.91 Å². The van der Waals surface area contributed by atoms with Gasteiger partial charge in [-0.3, -0.25) is 4.79 Å². The molecule has 0 spiro atoms. The number of carbonyl (C=O) groups excluding carboxylic acids is 1. The van der Waals surface area contributed by atoms with Gasteiger partial charge in [0.05, 0.1) is 0 Å². The Balaban J connectivity index is 0.00000288. The molecule has 2 heterocycles. The van der Waals surface area contributed by atoms with Crippen molar-refractivity contribution in [3.8, 4) is 0 Å². The van der Waals surface area contributed by atoms with Gasteiger partial charge in [-0.05, 0) is 32.6 Å². The number of nitrogens with one attached hydrogen (secondary N) is 1. The van der Waals surface area contributed by atoms with Gasteiger partial charge >= 0.3 is 0 Å². The van der Waals surface area contributed by atoms with Crippen molar-refractivity contribution in [1.82, 2.24) is 25.0 Å². The van der Waals surface area contributed by atoms with Crippen molar-refractivity contribution >= 4 is 35.8 Å². The lowest BCUT2D eigenvalue weighted by Gasteiger charge is -2.34. The fourth-order valence-corrected chi connectivity index (χ4v) is 2.95. The van der Waals surface area contributed by atoms with Crippen LogP contribution in [0.2, 0.25) is 0 Å². The number of primary amides is 1. The highest BCUT2D eigenvalue weighted by molar-refractivity contribution is 14.0. The van der Waals surface area contributed by atoms with Crippen molar-refractivity contribution in [1.29, 1.82) is 0 Å². The maximum absolute atomic E-state index is 11.2. The Kier molecular flexibility index (Phi) is 9.01. The highest BCUT2D eigenvalue weighted by Crippen LogP contribution is 2.19. The minimum absolute atomic E-state index is 0. The molecule has 0 saturated carbocycles. The Bertz CT molecular complexity index is 546. The number of likely N-dealkylation sites (tertiary alicyclic amines) is 1. The van der Waals surface area contributed by atoms with E-state index in [0.29, 0.717) is 18.9 Å². The summed E-state index contributed by atoms with van der Waals surface area (Å²) in [4.78, 5) is 18.1. The minimum Gasteiger partial charge on any atom is -0.370 e. The van der Waals surface area contributed by atoms with Gasteiger partial charge < -0.3 is 20.5 Å². The molecular weight excluding hydrogens is 421 g/mol. The summed E-state index contributed by atoms with van der Waals surface area (Å²) in [7, 11) is 0. The van der Waals surface area contributed by atoms with Crippen LogP contribution in [0.5, 0.6) is 0 Å². The Morgan fingerprint density at radius 3 is 2.96 bits per heavy atom. The van der Waals surface area contributed by atoms with E-state index >= 15 is 0 Å². The summed E-state index contributed by atoms with van der Waals surface area (Å²) in [6.07, 6.45) is 4.26. The van der Waals surface area contributed by atoms with Crippen LogP contribution in [-0.2, 0) is 17.9 Å². The Morgan fingerprint density at radius 2 is 2.29 bits per heavy atom. The molecule has 0 aliphatic carbocycles. The fourth-order valence-electron chi connectivity index (χ4n) is 2.95.